The molecule has 0 atom stereocenters. The zero-order chi connectivity index (χ0) is 17.3. The molecule has 0 bridgehead atoms. The molecule has 0 fully saturated rings. The minimum absolute atomic E-state index is 0.00487. The quantitative estimate of drug-likeness (QED) is 0.940. The highest BCUT2D eigenvalue weighted by Crippen LogP contribution is 2.32. The Morgan fingerprint density at radius 1 is 1.21 bits per heavy atom. The summed E-state index contributed by atoms with van der Waals surface area (Å²) in [6.07, 6.45) is 0. The van der Waals surface area contributed by atoms with E-state index in [1.807, 2.05) is 45.0 Å². The van der Waals surface area contributed by atoms with Crippen LogP contribution in [0, 0.1) is 0 Å². The molecular weight excluding hydrogens is 308 g/mol. The predicted molar refractivity (Wildman–Crippen MR) is 89.1 cm³/mol. The van der Waals surface area contributed by atoms with Gasteiger partial charge in [-0.2, -0.15) is 0 Å². The standard InChI is InChI=1S/C18H20N2O4/c1-18(2,3)19-17(22)15-9-8-12(24-15)10-20-13-6-4-5-7-14(13)23-11-16(20)21/h4-9H,10-11H2,1-3H3,(H,19,22). The van der Waals surface area contributed by atoms with Gasteiger partial charge < -0.3 is 14.5 Å². The van der Waals surface area contributed by atoms with Crippen molar-refractivity contribution in [3.05, 3.63) is 47.9 Å². The average molecular weight is 328 g/mol. The molecule has 1 N–H and O–H groups in total. The lowest BCUT2D eigenvalue weighted by molar-refractivity contribution is -0.121. The summed E-state index contributed by atoms with van der Waals surface area (Å²) in [5.74, 6) is 1.01. The van der Waals surface area contributed by atoms with Crippen LogP contribution >= 0.6 is 0 Å². The number of rotatable bonds is 3. The van der Waals surface area contributed by atoms with E-state index in [1.165, 1.54) is 0 Å². The van der Waals surface area contributed by atoms with Crippen LogP contribution in [-0.2, 0) is 11.3 Å². The van der Waals surface area contributed by atoms with Gasteiger partial charge in [0.1, 0.15) is 11.5 Å². The number of hydrogen-bond donors (Lipinski definition) is 1. The van der Waals surface area contributed by atoms with Crippen molar-refractivity contribution in [3.8, 4) is 5.75 Å². The Morgan fingerprint density at radius 3 is 2.71 bits per heavy atom. The Hall–Kier alpha value is -2.76. The van der Waals surface area contributed by atoms with E-state index >= 15 is 0 Å². The predicted octanol–water partition coefficient (Wildman–Crippen LogP) is 2.73. The summed E-state index contributed by atoms with van der Waals surface area (Å²) in [6, 6.07) is 10.7. The number of fused-ring (bicyclic) bond motifs is 1. The number of para-hydroxylation sites is 2. The van der Waals surface area contributed by atoms with E-state index in [0.717, 1.165) is 0 Å². The van der Waals surface area contributed by atoms with Crippen LogP contribution in [0.25, 0.3) is 0 Å². The highest BCUT2D eigenvalue weighted by atomic mass is 16.5. The Labute approximate surface area is 140 Å². The van der Waals surface area contributed by atoms with Crippen LogP contribution in [0.5, 0.6) is 5.75 Å². The molecule has 0 unspecified atom stereocenters. The molecular formula is C18H20N2O4. The number of anilines is 1. The van der Waals surface area contributed by atoms with Crippen molar-refractivity contribution in [1.29, 1.82) is 0 Å². The number of ether oxygens (including phenoxy) is 1. The van der Waals surface area contributed by atoms with Crippen molar-refractivity contribution in [2.75, 3.05) is 11.5 Å². The highest BCUT2D eigenvalue weighted by molar-refractivity contribution is 5.97. The monoisotopic (exact) mass is 328 g/mol. The maximum Gasteiger partial charge on any atom is 0.287 e. The lowest BCUT2D eigenvalue weighted by Crippen LogP contribution is -2.40. The van der Waals surface area contributed by atoms with Gasteiger partial charge >= 0.3 is 0 Å². The number of hydrogen-bond acceptors (Lipinski definition) is 4. The molecule has 1 aromatic heterocycles. The van der Waals surface area contributed by atoms with Crippen LogP contribution in [-0.4, -0.2) is 24.0 Å². The van der Waals surface area contributed by atoms with Gasteiger partial charge in [0.05, 0.1) is 12.2 Å². The average Bonchev–Trinajstić information content (AvgIpc) is 2.97. The minimum Gasteiger partial charge on any atom is -0.482 e. The molecule has 0 aliphatic carbocycles. The second kappa shape index (κ2) is 6.03. The third-order valence-corrected chi connectivity index (χ3v) is 3.50. The van der Waals surface area contributed by atoms with Gasteiger partial charge in [0.25, 0.3) is 11.8 Å². The fourth-order valence-electron chi connectivity index (χ4n) is 2.47. The summed E-state index contributed by atoms with van der Waals surface area (Å²) in [7, 11) is 0. The van der Waals surface area contributed by atoms with Crippen molar-refractivity contribution in [2.24, 2.45) is 0 Å². The Balaban J connectivity index is 1.78. The third-order valence-electron chi connectivity index (χ3n) is 3.50. The fourth-order valence-corrected chi connectivity index (χ4v) is 2.47. The van der Waals surface area contributed by atoms with Crippen LogP contribution < -0.4 is 15.0 Å². The Morgan fingerprint density at radius 2 is 1.96 bits per heavy atom. The lowest BCUT2D eigenvalue weighted by atomic mass is 10.1. The van der Waals surface area contributed by atoms with E-state index in [-0.39, 0.29) is 36.3 Å². The van der Waals surface area contributed by atoms with Crippen molar-refractivity contribution in [1.82, 2.24) is 5.32 Å². The van der Waals surface area contributed by atoms with E-state index in [4.69, 9.17) is 9.15 Å². The number of nitrogens with zero attached hydrogens (tertiary/aromatic N) is 1. The molecule has 6 heteroatoms. The Bertz CT molecular complexity index is 773. The van der Waals surface area contributed by atoms with Gasteiger partial charge in [-0.1, -0.05) is 12.1 Å². The zero-order valence-corrected chi connectivity index (χ0v) is 14.0. The number of benzene rings is 1. The molecule has 1 aliphatic rings. The van der Waals surface area contributed by atoms with Gasteiger partial charge in [-0.15, -0.1) is 0 Å². The van der Waals surface area contributed by atoms with Gasteiger partial charge in [0.2, 0.25) is 0 Å². The van der Waals surface area contributed by atoms with Gasteiger partial charge in [-0.05, 0) is 45.0 Å². The lowest BCUT2D eigenvalue weighted by Gasteiger charge is -2.28. The summed E-state index contributed by atoms with van der Waals surface area (Å²) in [5, 5.41) is 2.84. The summed E-state index contributed by atoms with van der Waals surface area (Å²) in [5.41, 5.74) is 0.356. The number of nitrogens with one attached hydrogen (secondary N) is 1. The van der Waals surface area contributed by atoms with E-state index in [1.54, 1.807) is 17.0 Å². The van der Waals surface area contributed by atoms with Crippen molar-refractivity contribution in [2.45, 2.75) is 32.9 Å². The smallest absolute Gasteiger partial charge is 0.287 e. The number of carbonyl (C=O) groups is 2. The molecule has 0 saturated heterocycles. The van der Waals surface area contributed by atoms with Crippen LogP contribution in [0.3, 0.4) is 0 Å². The number of carbonyl (C=O) groups excluding carboxylic acids is 2. The molecule has 24 heavy (non-hydrogen) atoms. The summed E-state index contributed by atoms with van der Waals surface area (Å²) >= 11 is 0. The van der Waals surface area contributed by atoms with Crippen molar-refractivity contribution < 1.29 is 18.7 Å². The van der Waals surface area contributed by atoms with Crippen LogP contribution in [0.2, 0.25) is 0 Å². The van der Waals surface area contributed by atoms with Gasteiger partial charge in [0, 0.05) is 5.54 Å². The minimum atomic E-state index is -0.344. The third kappa shape index (κ3) is 3.42. The van der Waals surface area contributed by atoms with E-state index in [9.17, 15) is 9.59 Å². The van der Waals surface area contributed by atoms with Gasteiger partial charge in [-0.25, -0.2) is 0 Å². The van der Waals surface area contributed by atoms with Gasteiger partial charge in [-0.3, -0.25) is 14.5 Å². The molecule has 126 valence electrons. The first kappa shape index (κ1) is 16.1. The largest absolute Gasteiger partial charge is 0.482 e. The highest BCUT2D eigenvalue weighted by Gasteiger charge is 2.26. The van der Waals surface area contributed by atoms with E-state index in [0.29, 0.717) is 17.2 Å². The SMILES string of the molecule is CC(C)(C)NC(=O)c1ccc(CN2C(=O)COc3ccccc32)o1. The molecule has 2 amide bonds. The molecule has 0 spiro atoms. The van der Waals surface area contributed by atoms with E-state index < -0.39 is 0 Å². The summed E-state index contributed by atoms with van der Waals surface area (Å²) < 4.78 is 11.0. The van der Waals surface area contributed by atoms with E-state index in [2.05, 4.69) is 5.32 Å². The second-order valence-electron chi connectivity index (χ2n) is 6.71. The topological polar surface area (TPSA) is 71.8 Å². The maximum atomic E-state index is 12.2. The Kier molecular flexibility index (Phi) is 4.05. The fraction of sp³-hybridized carbons (Fsp3) is 0.333. The van der Waals surface area contributed by atoms with Crippen LogP contribution in [0.15, 0.2) is 40.8 Å². The zero-order valence-electron chi connectivity index (χ0n) is 14.0. The molecule has 2 heterocycles. The number of amides is 2. The van der Waals surface area contributed by atoms with Crippen LogP contribution in [0.4, 0.5) is 5.69 Å². The maximum absolute atomic E-state index is 12.2. The molecule has 3 rings (SSSR count). The summed E-state index contributed by atoms with van der Waals surface area (Å²) in [4.78, 5) is 25.9. The first-order valence-corrected chi connectivity index (χ1v) is 7.77. The van der Waals surface area contributed by atoms with Crippen LogP contribution in [0.1, 0.15) is 37.1 Å². The molecule has 6 nitrogen and oxygen atoms in total. The molecule has 2 aromatic rings. The normalized spacial score (nSPS) is 14.1. The van der Waals surface area contributed by atoms with Crippen molar-refractivity contribution in [3.63, 3.8) is 0 Å². The number of furan rings is 1. The molecule has 0 radical (unpaired) electrons. The van der Waals surface area contributed by atoms with Crippen molar-refractivity contribution >= 4 is 17.5 Å². The van der Waals surface area contributed by atoms with Gasteiger partial charge in [0.15, 0.2) is 12.4 Å². The second-order valence-corrected chi connectivity index (χ2v) is 6.71. The molecule has 1 aliphatic heterocycles. The molecule has 1 aromatic carbocycles. The first-order valence-electron chi connectivity index (χ1n) is 7.77. The summed E-state index contributed by atoms with van der Waals surface area (Å²) in [6.45, 7) is 5.95. The first-order chi connectivity index (χ1) is 11.3. The molecule has 0 saturated carbocycles.